The predicted molar refractivity (Wildman–Crippen MR) is 105 cm³/mol. The highest BCUT2D eigenvalue weighted by molar-refractivity contribution is 5.81. The Hall–Kier alpha value is -1.83. The highest BCUT2D eigenvalue weighted by Crippen LogP contribution is 2.12. The Balaban J connectivity index is 2.38. The van der Waals surface area contributed by atoms with Gasteiger partial charge in [0.1, 0.15) is 0 Å². The van der Waals surface area contributed by atoms with Gasteiger partial charge >= 0.3 is 0 Å². The van der Waals surface area contributed by atoms with Gasteiger partial charge in [-0.05, 0) is 19.8 Å². The number of nitrogens with one attached hydrogen (secondary N) is 4. The quantitative estimate of drug-likeness (QED) is 0.286. The lowest BCUT2D eigenvalue weighted by atomic mass is 9.96. The second-order valence-corrected chi connectivity index (χ2v) is 7.63. The van der Waals surface area contributed by atoms with E-state index in [4.69, 9.17) is 0 Å². The molecule has 2 amide bonds. The summed E-state index contributed by atoms with van der Waals surface area (Å²) in [6.45, 7) is 11.8. The van der Waals surface area contributed by atoms with Crippen LogP contribution >= 0.6 is 0 Å². The number of guanidine groups is 1. The molecule has 26 heavy (non-hydrogen) atoms. The van der Waals surface area contributed by atoms with Crippen LogP contribution in [0.15, 0.2) is 4.99 Å². The lowest BCUT2D eigenvalue weighted by Crippen LogP contribution is -2.50. The largest absolute Gasteiger partial charge is 0.358 e. The molecule has 0 bridgehead atoms. The molecular weight excluding hydrogens is 332 g/mol. The van der Waals surface area contributed by atoms with Crippen molar-refractivity contribution in [2.75, 3.05) is 46.3 Å². The third kappa shape index (κ3) is 8.51. The number of aliphatic imine (C=N–C) groups is 1. The first-order chi connectivity index (χ1) is 12.3. The molecule has 150 valence electrons. The molecule has 1 saturated heterocycles. The van der Waals surface area contributed by atoms with E-state index in [1.54, 1.807) is 7.05 Å². The minimum absolute atomic E-state index is 0.0362. The topological polar surface area (TPSA) is 97.9 Å². The Morgan fingerprint density at radius 2 is 1.81 bits per heavy atom. The van der Waals surface area contributed by atoms with Gasteiger partial charge in [0.05, 0.1) is 13.1 Å². The van der Waals surface area contributed by atoms with Crippen LogP contribution in [-0.2, 0) is 9.59 Å². The molecule has 1 fully saturated rings. The van der Waals surface area contributed by atoms with Crippen molar-refractivity contribution in [2.24, 2.45) is 10.4 Å². The van der Waals surface area contributed by atoms with Crippen molar-refractivity contribution in [2.45, 2.75) is 46.6 Å². The molecular formula is C18H36N6O2. The molecule has 4 N–H and O–H groups in total. The number of carbonyl (C=O) groups is 2. The molecule has 1 aliphatic rings. The van der Waals surface area contributed by atoms with Crippen molar-refractivity contribution in [1.29, 1.82) is 0 Å². The van der Waals surface area contributed by atoms with E-state index in [0.717, 1.165) is 38.4 Å². The monoisotopic (exact) mass is 368 g/mol. The third-order valence-corrected chi connectivity index (χ3v) is 4.27. The summed E-state index contributed by atoms with van der Waals surface area (Å²) in [6.07, 6.45) is 1.95. The van der Waals surface area contributed by atoms with Gasteiger partial charge in [-0.15, -0.1) is 0 Å². The van der Waals surface area contributed by atoms with E-state index in [1.807, 2.05) is 27.7 Å². The Bertz CT molecular complexity index is 479. The molecule has 1 heterocycles. The van der Waals surface area contributed by atoms with Crippen LogP contribution in [0.25, 0.3) is 0 Å². The summed E-state index contributed by atoms with van der Waals surface area (Å²) in [4.78, 5) is 30.0. The van der Waals surface area contributed by atoms with Gasteiger partial charge in [-0.2, -0.15) is 0 Å². The van der Waals surface area contributed by atoms with Crippen LogP contribution in [0.1, 0.15) is 40.5 Å². The molecule has 0 saturated carbocycles. The first kappa shape index (κ1) is 22.2. The number of likely N-dealkylation sites (tertiary alicyclic amines) is 1. The molecule has 8 nitrogen and oxygen atoms in total. The zero-order valence-electron chi connectivity index (χ0n) is 16.9. The highest BCUT2D eigenvalue weighted by Gasteiger charge is 2.22. The summed E-state index contributed by atoms with van der Waals surface area (Å²) < 4.78 is 0. The van der Waals surface area contributed by atoms with E-state index >= 15 is 0 Å². The van der Waals surface area contributed by atoms with Crippen molar-refractivity contribution in [3.8, 4) is 0 Å². The molecule has 0 unspecified atom stereocenters. The summed E-state index contributed by atoms with van der Waals surface area (Å²) in [6, 6.07) is 0.345. The molecule has 0 aromatic carbocycles. The van der Waals surface area contributed by atoms with Crippen molar-refractivity contribution in [3.05, 3.63) is 0 Å². The van der Waals surface area contributed by atoms with Gasteiger partial charge < -0.3 is 21.3 Å². The number of nitrogens with zero attached hydrogens (tertiary/aromatic N) is 2. The van der Waals surface area contributed by atoms with E-state index < -0.39 is 0 Å². The summed E-state index contributed by atoms with van der Waals surface area (Å²) in [5.41, 5.74) is -0.380. The summed E-state index contributed by atoms with van der Waals surface area (Å²) in [5, 5.41) is 12.3. The zero-order valence-corrected chi connectivity index (χ0v) is 16.9. The molecule has 0 aromatic rings. The number of amides is 2. The van der Waals surface area contributed by atoms with Gasteiger partial charge in [0.2, 0.25) is 11.8 Å². The first-order valence-corrected chi connectivity index (χ1v) is 9.52. The average molecular weight is 369 g/mol. The average Bonchev–Trinajstić information content (AvgIpc) is 2.59. The fourth-order valence-corrected chi connectivity index (χ4v) is 2.63. The van der Waals surface area contributed by atoms with E-state index in [-0.39, 0.29) is 17.2 Å². The summed E-state index contributed by atoms with van der Waals surface area (Å²) >= 11 is 0. The maximum Gasteiger partial charge on any atom is 0.233 e. The van der Waals surface area contributed by atoms with E-state index in [1.165, 1.54) is 0 Å². The number of rotatable bonds is 7. The standard InChI is InChI=1S/C18H36N6O2/c1-6-20-17(22-10-9-21-16(26)18(2,3)4)23-14-7-11-24(12-8-14)13-15(25)19-5/h14H,6-13H2,1-5H3,(H,19,25)(H,21,26)(H2,20,22,23). The Kier molecular flexibility index (Phi) is 9.40. The fraction of sp³-hybridized carbons (Fsp3) is 0.833. The van der Waals surface area contributed by atoms with Crippen molar-refractivity contribution in [1.82, 2.24) is 26.2 Å². The maximum absolute atomic E-state index is 11.9. The molecule has 0 atom stereocenters. The van der Waals surface area contributed by atoms with Crippen LogP contribution < -0.4 is 21.3 Å². The van der Waals surface area contributed by atoms with Gasteiger partial charge in [-0.3, -0.25) is 19.5 Å². The van der Waals surface area contributed by atoms with Crippen molar-refractivity contribution >= 4 is 17.8 Å². The minimum Gasteiger partial charge on any atom is -0.358 e. The van der Waals surface area contributed by atoms with E-state index in [0.29, 0.717) is 25.7 Å². The van der Waals surface area contributed by atoms with Crippen molar-refractivity contribution < 1.29 is 9.59 Å². The lowest BCUT2D eigenvalue weighted by Gasteiger charge is -2.32. The van der Waals surface area contributed by atoms with Crippen LogP contribution in [0.4, 0.5) is 0 Å². The minimum atomic E-state index is -0.380. The number of hydrogen-bond donors (Lipinski definition) is 4. The molecule has 1 rings (SSSR count). The lowest BCUT2D eigenvalue weighted by molar-refractivity contribution is -0.128. The Morgan fingerprint density at radius 3 is 2.35 bits per heavy atom. The normalized spacial score (nSPS) is 16.9. The molecule has 1 aliphatic heterocycles. The van der Waals surface area contributed by atoms with Crippen LogP contribution in [-0.4, -0.2) is 75.0 Å². The molecule has 0 aromatic heterocycles. The van der Waals surface area contributed by atoms with Crippen LogP contribution in [0, 0.1) is 5.41 Å². The van der Waals surface area contributed by atoms with Crippen molar-refractivity contribution in [3.63, 3.8) is 0 Å². The number of piperidine rings is 1. The zero-order chi connectivity index (χ0) is 19.6. The number of hydrogen-bond acceptors (Lipinski definition) is 4. The number of carbonyl (C=O) groups excluding carboxylic acids is 2. The second-order valence-electron chi connectivity index (χ2n) is 7.63. The molecule has 0 radical (unpaired) electrons. The van der Waals surface area contributed by atoms with Gasteiger partial charge in [0, 0.05) is 44.7 Å². The first-order valence-electron chi connectivity index (χ1n) is 9.52. The SMILES string of the molecule is CCNC(=NCCNC(=O)C(C)(C)C)NC1CCN(CC(=O)NC)CC1. The smallest absolute Gasteiger partial charge is 0.233 e. The molecule has 0 spiro atoms. The van der Waals surface area contributed by atoms with Gasteiger partial charge in [0.25, 0.3) is 0 Å². The third-order valence-electron chi connectivity index (χ3n) is 4.27. The second kappa shape index (κ2) is 11.0. The van der Waals surface area contributed by atoms with Gasteiger partial charge in [-0.25, -0.2) is 0 Å². The highest BCUT2D eigenvalue weighted by atomic mass is 16.2. The van der Waals surface area contributed by atoms with Crippen LogP contribution in [0.3, 0.4) is 0 Å². The fourth-order valence-electron chi connectivity index (χ4n) is 2.63. The van der Waals surface area contributed by atoms with E-state index in [2.05, 4.69) is 31.2 Å². The van der Waals surface area contributed by atoms with Crippen LogP contribution in [0.2, 0.25) is 0 Å². The Morgan fingerprint density at radius 1 is 1.15 bits per heavy atom. The van der Waals surface area contributed by atoms with Gasteiger partial charge in [0.15, 0.2) is 5.96 Å². The maximum atomic E-state index is 11.9. The Labute approximate surface area is 157 Å². The summed E-state index contributed by atoms with van der Waals surface area (Å²) in [5.74, 6) is 0.875. The predicted octanol–water partition coefficient (Wildman–Crippen LogP) is -0.0858. The van der Waals surface area contributed by atoms with Gasteiger partial charge in [-0.1, -0.05) is 20.8 Å². The van der Waals surface area contributed by atoms with E-state index in [9.17, 15) is 9.59 Å². The summed E-state index contributed by atoms with van der Waals surface area (Å²) in [7, 11) is 1.67. The van der Waals surface area contributed by atoms with Crippen LogP contribution in [0.5, 0.6) is 0 Å². The molecule has 8 heteroatoms. The molecule has 0 aliphatic carbocycles. The number of likely N-dealkylation sites (N-methyl/N-ethyl adjacent to an activating group) is 1.